The first-order valence-electron chi connectivity index (χ1n) is 13.3. The number of hydrogen-bond donors (Lipinski definition) is 1. The van der Waals surface area contributed by atoms with Crippen molar-refractivity contribution in [2.45, 2.75) is 57.4 Å². The van der Waals surface area contributed by atoms with Gasteiger partial charge in [-0.05, 0) is 55.9 Å². The lowest BCUT2D eigenvalue weighted by molar-refractivity contribution is -0.200. The van der Waals surface area contributed by atoms with Crippen LogP contribution in [0.2, 0.25) is 0 Å². The van der Waals surface area contributed by atoms with Gasteiger partial charge in [0, 0.05) is 72.1 Å². The second kappa shape index (κ2) is 7.90. The zero-order valence-electron chi connectivity index (χ0n) is 21.1. The van der Waals surface area contributed by atoms with E-state index in [1.807, 2.05) is 12.3 Å². The number of nitrogens with one attached hydrogen (secondary N) is 1. The molecule has 2 aliphatic heterocycles. The van der Waals surface area contributed by atoms with Crippen LogP contribution >= 0.6 is 0 Å². The number of ether oxygens (including phenoxy) is 1. The van der Waals surface area contributed by atoms with E-state index in [-0.39, 0.29) is 0 Å². The topological polar surface area (TPSA) is 59.0 Å². The fraction of sp³-hybridized carbons (Fsp3) is 0.517. The van der Waals surface area contributed by atoms with Gasteiger partial charge in [0.2, 0.25) is 0 Å². The van der Waals surface area contributed by atoms with Gasteiger partial charge >= 0.3 is 0 Å². The second-order valence-electron chi connectivity index (χ2n) is 11.6. The summed E-state index contributed by atoms with van der Waals surface area (Å²) in [5.74, 6) is 0.941. The van der Waals surface area contributed by atoms with E-state index in [0.717, 1.165) is 35.9 Å². The molecule has 0 bridgehead atoms. The summed E-state index contributed by atoms with van der Waals surface area (Å²) in [7, 11) is 2.07. The fourth-order valence-corrected chi connectivity index (χ4v) is 6.90. The lowest BCUT2D eigenvalue weighted by Crippen LogP contribution is -2.68. The van der Waals surface area contributed by atoms with Gasteiger partial charge in [0.15, 0.2) is 0 Å². The lowest BCUT2D eigenvalue weighted by Gasteiger charge is -2.58. The van der Waals surface area contributed by atoms with Crippen LogP contribution in [0.1, 0.15) is 62.6 Å². The number of fused-ring (bicyclic) bond motifs is 2. The quantitative estimate of drug-likeness (QED) is 0.423. The van der Waals surface area contributed by atoms with Crippen molar-refractivity contribution in [1.29, 1.82) is 0 Å². The first-order valence-corrected chi connectivity index (χ1v) is 13.3. The summed E-state index contributed by atoms with van der Waals surface area (Å²) < 4.78 is 7.58. The SMILES string of the molecule is CC(C)c1c(-c2cn(C)c3ncccc23)[nH]c2ccc(C3CCC(N4CC5(COC5)C4)CC3)nc12. The highest BCUT2D eigenvalue weighted by Gasteiger charge is 2.50. The van der Waals surface area contributed by atoms with Crippen molar-refractivity contribution in [3.05, 3.63) is 47.9 Å². The molecule has 3 fully saturated rings. The average molecular weight is 470 g/mol. The first kappa shape index (κ1) is 21.6. The molecule has 0 aromatic carbocycles. The van der Waals surface area contributed by atoms with E-state index < -0.39 is 0 Å². The minimum atomic E-state index is 0.374. The fourth-order valence-electron chi connectivity index (χ4n) is 6.90. The highest BCUT2D eigenvalue weighted by atomic mass is 16.5. The summed E-state index contributed by atoms with van der Waals surface area (Å²) in [6, 6.07) is 9.48. The van der Waals surface area contributed by atoms with Crippen molar-refractivity contribution in [3.63, 3.8) is 0 Å². The zero-order valence-corrected chi connectivity index (χ0v) is 21.1. The van der Waals surface area contributed by atoms with E-state index in [0.29, 0.717) is 17.3 Å². The molecule has 4 aromatic rings. The second-order valence-corrected chi connectivity index (χ2v) is 11.6. The highest BCUT2D eigenvalue weighted by molar-refractivity contribution is 5.98. The maximum atomic E-state index is 5.46. The molecule has 0 radical (unpaired) electrons. The van der Waals surface area contributed by atoms with E-state index in [1.165, 1.54) is 66.7 Å². The Labute approximate surface area is 206 Å². The van der Waals surface area contributed by atoms with Crippen LogP contribution in [0.5, 0.6) is 0 Å². The van der Waals surface area contributed by atoms with Crippen LogP contribution in [0.4, 0.5) is 0 Å². The van der Waals surface area contributed by atoms with Gasteiger partial charge in [-0.1, -0.05) is 13.8 Å². The predicted molar refractivity (Wildman–Crippen MR) is 140 cm³/mol. The molecule has 0 unspecified atom stereocenters. The molecule has 7 rings (SSSR count). The van der Waals surface area contributed by atoms with Gasteiger partial charge < -0.3 is 14.3 Å². The molecular weight excluding hydrogens is 434 g/mol. The number of likely N-dealkylation sites (tertiary alicyclic amines) is 1. The number of aromatic amines is 1. The lowest BCUT2D eigenvalue weighted by atomic mass is 9.74. The van der Waals surface area contributed by atoms with Gasteiger partial charge in [-0.3, -0.25) is 9.88 Å². The maximum absolute atomic E-state index is 5.46. The van der Waals surface area contributed by atoms with Crippen molar-refractivity contribution >= 4 is 22.1 Å². The number of aryl methyl sites for hydroxylation is 1. The summed E-state index contributed by atoms with van der Waals surface area (Å²) in [6.45, 7) is 9.02. The Morgan fingerprint density at radius 2 is 1.89 bits per heavy atom. The summed E-state index contributed by atoms with van der Waals surface area (Å²) in [4.78, 5) is 16.4. The highest BCUT2D eigenvalue weighted by Crippen LogP contribution is 2.44. The number of hydrogen-bond acceptors (Lipinski definition) is 4. The van der Waals surface area contributed by atoms with Gasteiger partial charge in [-0.15, -0.1) is 0 Å². The molecule has 6 heteroatoms. The van der Waals surface area contributed by atoms with E-state index in [9.17, 15) is 0 Å². The summed E-state index contributed by atoms with van der Waals surface area (Å²) in [6.07, 6.45) is 9.13. The number of nitrogens with zero attached hydrogens (tertiary/aromatic N) is 4. The Morgan fingerprint density at radius 1 is 1.09 bits per heavy atom. The van der Waals surface area contributed by atoms with Gasteiger partial charge in [0.1, 0.15) is 5.65 Å². The Morgan fingerprint density at radius 3 is 2.60 bits per heavy atom. The minimum Gasteiger partial charge on any atom is -0.380 e. The molecule has 1 aliphatic carbocycles. The van der Waals surface area contributed by atoms with Crippen LogP contribution in [0, 0.1) is 5.41 Å². The maximum Gasteiger partial charge on any atom is 0.140 e. The molecule has 2 saturated heterocycles. The van der Waals surface area contributed by atoms with Crippen LogP contribution in [0.25, 0.3) is 33.3 Å². The van der Waals surface area contributed by atoms with E-state index >= 15 is 0 Å². The van der Waals surface area contributed by atoms with Crippen LogP contribution < -0.4 is 0 Å². The smallest absolute Gasteiger partial charge is 0.140 e. The van der Waals surface area contributed by atoms with Crippen LogP contribution in [-0.4, -0.2) is 56.8 Å². The van der Waals surface area contributed by atoms with Gasteiger partial charge in [0.25, 0.3) is 0 Å². The number of rotatable bonds is 4. The van der Waals surface area contributed by atoms with Crippen molar-refractivity contribution in [3.8, 4) is 11.3 Å². The van der Waals surface area contributed by atoms with E-state index in [4.69, 9.17) is 9.72 Å². The molecule has 3 aliphatic rings. The molecule has 1 spiro atoms. The molecule has 0 amide bonds. The first-order chi connectivity index (χ1) is 17.0. The third kappa shape index (κ3) is 3.37. The molecule has 35 heavy (non-hydrogen) atoms. The van der Waals surface area contributed by atoms with Gasteiger partial charge in [0.05, 0.1) is 29.9 Å². The standard InChI is InChI=1S/C29H35N5O/c1-18(2)25-26(22-13-33(3)28-21(22)5-4-12-30-28)32-24-11-10-23(31-27(24)25)19-6-8-20(9-7-19)34-14-29(15-34)16-35-17-29/h4-5,10-13,18-20,32H,6-9,14-17H2,1-3H3. The average Bonchev–Trinajstić information content (AvgIpc) is 3.35. The molecule has 6 nitrogen and oxygen atoms in total. The van der Waals surface area contributed by atoms with Gasteiger partial charge in [-0.25, -0.2) is 4.98 Å². The van der Waals surface area contributed by atoms with Crippen molar-refractivity contribution in [1.82, 2.24) is 24.4 Å². The van der Waals surface area contributed by atoms with Gasteiger partial charge in [-0.2, -0.15) is 0 Å². The largest absolute Gasteiger partial charge is 0.380 e. The summed E-state index contributed by atoms with van der Waals surface area (Å²) in [5.41, 5.74) is 8.80. The van der Waals surface area contributed by atoms with Crippen molar-refractivity contribution in [2.75, 3.05) is 26.3 Å². The molecule has 1 saturated carbocycles. The number of aromatic nitrogens is 4. The van der Waals surface area contributed by atoms with E-state index in [1.54, 1.807) is 0 Å². The van der Waals surface area contributed by atoms with Crippen molar-refractivity contribution < 1.29 is 4.74 Å². The number of H-pyrrole nitrogens is 1. The molecular formula is C29H35N5O. The predicted octanol–water partition coefficient (Wildman–Crippen LogP) is 5.60. The summed E-state index contributed by atoms with van der Waals surface area (Å²) in [5, 5.41) is 1.18. The van der Waals surface area contributed by atoms with Crippen LogP contribution in [0.3, 0.4) is 0 Å². The van der Waals surface area contributed by atoms with Crippen molar-refractivity contribution in [2.24, 2.45) is 12.5 Å². The Hall–Kier alpha value is -2.70. The Kier molecular flexibility index (Phi) is 4.87. The Balaban J connectivity index is 1.18. The molecule has 4 aromatic heterocycles. The zero-order chi connectivity index (χ0) is 23.7. The number of pyridine rings is 2. The molecule has 0 atom stereocenters. The Bertz CT molecular complexity index is 1400. The van der Waals surface area contributed by atoms with Crippen LogP contribution in [0.15, 0.2) is 36.7 Å². The van der Waals surface area contributed by atoms with Crippen LogP contribution in [-0.2, 0) is 11.8 Å². The molecule has 1 N–H and O–H groups in total. The third-order valence-corrected chi connectivity index (χ3v) is 8.81. The van der Waals surface area contributed by atoms with E-state index in [2.05, 4.69) is 64.7 Å². The molecule has 6 heterocycles. The summed E-state index contributed by atoms with van der Waals surface area (Å²) >= 11 is 0. The third-order valence-electron chi connectivity index (χ3n) is 8.81. The minimum absolute atomic E-state index is 0.374. The normalized spacial score (nSPS) is 24.3. The monoisotopic (exact) mass is 469 g/mol. The molecule has 182 valence electrons.